The molecule has 0 bridgehead atoms. The quantitative estimate of drug-likeness (QED) is 0.899. The van der Waals surface area contributed by atoms with Crippen LogP contribution in [0.1, 0.15) is 18.9 Å². The lowest BCUT2D eigenvalue weighted by Crippen LogP contribution is -2.51. The Hall–Kier alpha value is -1.13. The summed E-state index contributed by atoms with van der Waals surface area (Å²) in [5, 5.41) is 3.05. The van der Waals surface area contributed by atoms with Gasteiger partial charge in [-0.05, 0) is 38.2 Å². The van der Waals surface area contributed by atoms with Crippen molar-refractivity contribution in [2.75, 3.05) is 38.6 Å². The first-order valence-corrected chi connectivity index (χ1v) is 7.04. The number of piperazine rings is 1. The summed E-state index contributed by atoms with van der Waals surface area (Å²) in [5.41, 5.74) is 1.73. The summed E-state index contributed by atoms with van der Waals surface area (Å²) in [4.78, 5) is 4.54. The number of benzene rings is 1. The lowest BCUT2D eigenvalue weighted by molar-refractivity contribution is 0.213. The van der Waals surface area contributed by atoms with E-state index in [1.807, 2.05) is 19.2 Å². The minimum Gasteiger partial charge on any atom is -0.366 e. The molecule has 1 aromatic carbocycles. The van der Waals surface area contributed by atoms with Gasteiger partial charge in [0, 0.05) is 32.2 Å². The molecule has 3 nitrogen and oxygen atoms in total. The minimum absolute atomic E-state index is 0.104. The van der Waals surface area contributed by atoms with Crippen LogP contribution in [-0.2, 0) is 6.54 Å². The second-order valence-electron chi connectivity index (χ2n) is 5.30. The second kappa shape index (κ2) is 6.35. The number of likely N-dealkylation sites (N-methyl/N-ethyl adjacent to an activating group) is 1. The molecular weight excluding hydrogens is 241 g/mol. The van der Waals surface area contributed by atoms with Gasteiger partial charge in [0.1, 0.15) is 5.82 Å². The number of anilines is 1. The Balaban J connectivity index is 2.13. The van der Waals surface area contributed by atoms with Crippen LogP contribution < -0.4 is 10.2 Å². The SMILES string of the molecule is CCC1CN(c2ccc(CNC)cc2F)CCN1C. The van der Waals surface area contributed by atoms with E-state index in [2.05, 4.69) is 29.1 Å². The molecule has 2 rings (SSSR count). The molecular formula is C15H24FN3. The van der Waals surface area contributed by atoms with Crippen molar-refractivity contribution in [3.8, 4) is 0 Å². The maximum atomic E-state index is 14.2. The zero-order valence-electron chi connectivity index (χ0n) is 12.1. The largest absolute Gasteiger partial charge is 0.366 e. The zero-order valence-corrected chi connectivity index (χ0v) is 12.1. The third-order valence-electron chi connectivity index (χ3n) is 3.98. The van der Waals surface area contributed by atoms with Crippen LogP contribution >= 0.6 is 0 Å². The van der Waals surface area contributed by atoms with E-state index in [0.29, 0.717) is 12.6 Å². The van der Waals surface area contributed by atoms with E-state index >= 15 is 0 Å². The van der Waals surface area contributed by atoms with E-state index in [4.69, 9.17) is 0 Å². The molecule has 0 aromatic heterocycles. The molecule has 19 heavy (non-hydrogen) atoms. The standard InChI is InChI=1S/C15H24FN3/c1-4-13-11-19(8-7-18(13)3)15-6-5-12(10-17-2)9-14(15)16/h5-6,9,13,17H,4,7-8,10-11H2,1-3H3. The van der Waals surface area contributed by atoms with Crippen molar-refractivity contribution < 1.29 is 4.39 Å². The van der Waals surface area contributed by atoms with Crippen molar-refractivity contribution in [1.82, 2.24) is 10.2 Å². The van der Waals surface area contributed by atoms with E-state index in [-0.39, 0.29) is 5.82 Å². The summed E-state index contributed by atoms with van der Waals surface area (Å²) in [7, 11) is 4.02. The van der Waals surface area contributed by atoms with Crippen molar-refractivity contribution in [3.05, 3.63) is 29.6 Å². The third kappa shape index (κ3) is 3.25. The predicted molar refractivity (Wildman–Crippen MR) is 78.1 cm³/mol. The van der Waals surface area contributed by atoms with Crippen LogP contribution in [-0.4, -0.2) is 44.7 Å². The molecule has 0 aliphatic carbocycles. The number of hydrogen-bond donors (Lipinski definition) is 1. The molecule has 1 atom stereocenters. The molecule has 0 saturated carbocycles. The summed E-state index contributed by atoms with van der Waals surface area (Å²) in [6.07, 6.45) is 1.10. The van der Waals surface area contributed by atoms with Crippen LogP contribution in [0.4, 0.5) is 10.1 Å². The fourth-order valence-corrected chi connectivity index (χ4v) is 2.73. The van der Waals surface area contributed by atoms with Crippen LogP contribution in [0.15, 0.2) is 18.2 Å². The van der Waals surface area contributed by atoms with Crippen molar-refractivity contribution in [1.29, 1.82) is 0 Å². The first kappa shape index (κ1) is 14.3. The van der Waals surface area contributed by atoms with Crippen molar-refractivity contribution >= 4 is 5.69 Å². The normalized spacial score (nSPS) is 20.8. The highest BCUT2D eigenvalue weighted by Crippen LogP contribution is 2.24. The average molecular weight is 265 g/mol. The molecule has 1 unspecified atom stereocenters. The van der Waals surface area contributed by atoms with E-state index in [9.17, 15) is 4.39 Å². The van der Waals surface area contributed by atoms with Gasteiger partial charge < -0.3 is 10.2 Å². The number of halogens is 1. The maximum Gasteiger partial charge on any atom is 0.146 e. The summed E-state index contributed by atoms with van der Waals surface area (Å²) < 4.78 is 14.2. The van der Waals surface area contributed by atoms with Crippen molar-refractivity contribution in [2.24, 2.45) is 0 Å². The molecule has 1 aliphatic rings. The second-order valence-corrected chi connectivity index (χ2v) is 5.30. The van der Waals surface area contributed by atoms with E-state index in [0.717, 1.165) is 37.3 Å². The molecule has 0 spiro atoms. The van der Waals surface area contributed by atoms with Gasteiger partial charge in [0.05, 0.1) is 5.69 Å². The van der Waals surface area contributed by atoms with Gasteiger partial charge in [-0.2, -0.15) is 0 Å². The number of nitrogens with one attached hydrogen (secondary N) is 1. The Bertz CT molecular complexity index is 422. The highest BCUT2D eigenvalue weighted by Gasteiger charge is 2.24. The molecule has 1 saturated heterocycles. The summed E-state index contributed by atoms with van der Waals surface area (Å²) in [6.45, 7) is 5.70. The van der Waals surface area contributed by atoms with Gasteiger partial charge in [-0.1, -0.05) is 13.0 Å². The summed E-state index contributed by atoms with van der Waals surface area (Å²) >= 11 is 0. The summed E-state index contributed by atoms with van der Waals surface area (Å²) in [6, 6.07) is 6.09. The number of nitrogens with zero attached hydrogens (tertiary/aromatic N) is 2. The van der Waals surface area contributed by atoms with E-state index < -0.39 is 0 Å². The molecule has 106 valence electrons. The fourth-order valence-electron chi connectivity index (χ4n) is 2.73. The molecule has 4 heteroatoms. The Labute approximate surface area is 115 Å². The Morgan fingerprint density at radius 1 is 1.37 bits per heavy atom. The first-order chi connectivity index (χ1) is 9.15. The van der Waals surface area contributed by atoms with Crippen LogP contribution in [0.3, 0.4) is 0 Å². The monoisotopic (exact) mass is 265 g/mol. The predicted octanol–water partition coefficient (Wildman–Crippen LogP) is 2.08. The topological polar surface area (TPSA) is 18.5 Å². The number of rotatable bonds is 4. The molecule has 1 fully saturated rings. The Kier molecular flexibility index (Phi) is 4.77. The third-order valence-corrected chi connectivity index (χ3v) is 3.98. The van der Waals surface area contributed by atoms with Crippen LogP contribution in [0.2, 0.25) is 0 Å². The average Bonchev–Trinajstić information content (AvgIpc) is 2.40. The molecule has 1 aliphatic heterocycles. The maximum absolute atomic E-state index is 14.2. The van der Waals surface area contributed by atoms with Gasteiger partial charge in [0.25, 0.3) is 0 Å². The minimum atomic E-state index is -0.104. The van der Waals surface area contributed by atoms with Crippen molar-refractivity contribution in [3.63, 3.8) is 0 Å². The smallest absolute Gasteiger partial charge is 0.146 e. The molecule has 0 radical (unpaired) electrons. The lowest BCUT2D eigenvalue weighted by Gasteiger charge is -2.40. The Morgan fingerprint density at radius 3 is 2.79 bits per heavy atom. The molecule has 0 amide bonds. The van der Waals surface area contributed by atoms with E-state index in [1.54, 1.807) is 6.07 Å². The van der Waals surface area contributed by atoms with Gasteiger partial charge in [0.2, 0.25) is 0 Å². The molecule has 1 aromatic rings. The van der Waals surface area contributed by atoms with Gasteiger partial charge in [-0.15, -0.1) is 0 Å². The lowest BCUT2D eigenvalue weighted by atomic mass is 10.1. The van der Waals surface area contributed by atoms with Crippen LogP contribution in [0.5, 0.6) is 0 Å². The van der Waals surface area contributed by atoms with Gasteiger partial charge in [-0.25, -0.2) is 4.39 Å². The van der Waals surface area contributed by atoms with Gasteiger partial charge in [0.15, 0.2) is 0 Å². The number of hydrogen-bond acceptors (Lipinski definition) is 3. The van der Waals surface area contributed by atoms with Gasteiger partial charge in [-0.3, -0.25) is 4.90 Å². The van der Waals surface area contributed by atoms with Crippen LogP contribution in [0.25, 0.3) is 0 Å². The zero-order chi connectivity index (χ0) is 13.8. The van der Waals surface area contributed by atoms with Crippen LogP contribution in [0, 0.1) is 5.82 Å². The molecule has 1 N–H and O–H groups in total. The fraction of sp³-hybridized carbons (Fsp3) is 0.600. The van der Waals surface area contributed by atoms with Crippen molar-refractivity contribution in [2.45, 2.75) is 25.9 Å². The highest BCUT2D eigenvalue weighted by molar-refractivity contribution is 5.50. The molecule has 1 heterocycles. The summed E-state index contributed by atoms with van der Waals surface area (Å²) in [5.74, 6) is -0.104. The Morgan fingerprint density at radius 2 is 2.16 bits per heavy atom. The van der Waals surface area contributed by atoms with E-state index in [1.165, 1.54) is 0 Å². The highest BCUT2D eigenvalue weighted by atomic mass is 19.1. The van der Waals surface area contributed by atoms with Gasteiger partial charge >= 0.3 is 0 Å². The first-order valence-electron chi connectivity index (χ1n) is 7.04.